The van der Waals surface area contributed by atoms with Crippen LogP contribution in [-0.2, 0) is 26.5 Å². The predicted octanol–water partition coefficient (Wildman–Crippen LogP) is 4.98. The Kier molecular flexibility index (Phi) is 9.85. The van der Waals surface area contributed by atoms with Crippen molar-refractivity contribution in [2.24, 2.45) is 0 Å². The van der Waals surface area contributed by atoms with Gasteiger partial charge in [-0.05, 0) is 65.2 Å². The van der Waals surface area contributed by atoms with Gasteiger partial charge in [0, 0.05) is 70.0 Å². The summed E-state index contributed by atoms with van der Waals surface area (Å²) in [4.78, 5) is 18.0. The Morgan fingerprint density at radius 3 is 1.76 bits per heavy atom. The molecule has 11 heteroatoms. The van der Waals surface area contributed by atoms with E-state index >= 15 is 0 Å². The highest BCUT2D eigenvalue weighted by Crippen LogP contribution is 2.39. The molecule has 50 heavy (non-hydrogen) atoms. The Morgan fingerprint density at radius 1 is 0.560 bits per heavy atom. The maximum Gasteiger partial charge on any atom is 0.243 e. The minimum absolute atomic E-state index is 0.0679. The molecule has 0 aromatic heterocycles. The molecule has 0 saturated carbocycles. The monoisotopic (exact) mass is 708 g/mol. The maximum absolute atomic E-state index is 13.7. The van der Waals surface area contributed by atoms with Crippen LogP contribution in [0.2, 0.25) is 0 Å². The molecule has 0 amide bonds. The van der Waals surface area contributed by atoms with Crippen molar-refractivity contribution in [2.45, 2.75) is 16.2 Å². The van der Waals surface area contributed by atoms with Crippen LogP contribution in [0.25, 0.3) is 17.2 Å². The first-order valence-electron chi connectivity index (χ1n) is 16.9. The van der Waals surface area contributed by atoms with E-state index in [1.54, 1.807) is 18.2 Å². The van der Waals surface area contributed by atoms with Gasteiger partial charge in [0.25, 0.3) is 0 Å². The average Bonchev–Trinajstić information content (AvgIpc) is 3.43. The van der Waals surface area contributed by atoms with Gasteiger partial charge in [0.2, 0.25) is 20.0 Å². The number of fused-ring (bicyclic) bond motifs is 3. The van der Waals surface area contributed by atoms with Crippen molar-refractivity contribution in [1.29, 1.82) is 0 Å². The highest BCUT2D eigenvalue weighted by atomic mass is 32.2. The molecular formula is C39H40N4O5S2. The first kappa shape index (κ1) is 34.1. The van der Waals surface area contributed by atoms with E-state index in [0.29, 0.717) is 69.0 Å². The lowest BCUT2D eigenvalue weighted by Gasteiger charge is -2.33. The fourth-order valence-electron chi connectivity index (χ4n) is 6.75. The van der Waals surface area contributed by atoms with Crippen molar-refractivity contribution in [1.82, 2.24) is 18.4 Å². The number of carbonyl (C=O) groups excluding carboxylic acids is 1. The summed E-state index contributed by atoms with van der Waals surface area (Å²) in [6, 6.07) is 29.4. The van der Waals surface area contributed by atoms with Crippen LogP contribution in [0.1, 0.15) is 27.0 Å². The smallest absolute Gasteiger partial charge is 0.243 e. The van der Waals surface area contributed by atoms with Gasteiger partial charge >= 0.3 is 0 Å². The van der Waals surface area contributed by atoms with Crippen molar-refractivity contribution >= 4 is 31.9 Å². The van der Waals surface area contributed by atoms with Crippen LogP contribution in [0.3, 0.4) is 0 Å². The normalized spacial score (nSPS) is 17.8. The molecule has 258 valence electrons. The molecule has 2 fully saturated rings. The molecule has 0 atom stereocenters. The van der Waals surface area contributed by atoms with E-state index in [9.17, 15) is 21.6 Å². The standard InChI is InChI=1S/C39H40N4O5S2/c44-39-36-18-16-33(49(45,46)42-25-21-40(22-26-42)19-7-13-31-9-3-1-4-10-31)29-37(36)35-17-15-34(30-38(35)39)50(47,48)43-27-23-41(24-28-43)20-8-14-32-11-5-2-6-12-32/h1-12,14-19,29-30H,13,20-28H2/b14-8+,19-7+. The Hall–Kier alpha value is -4.39. The molecule has 0 unspecified atom stereocenters. The second-order valence-electron chi connectivity index (χ2n) is 12.8. The topological polar surface area (TPSA) is 98.3 Å². The van der Waals surface area contributed by atoms with E-state index < -0.39 is 20.0 Å². The summed E-state index contributed by atoms with van der Waals surface area (Å²) >= 11 is 0. The van der Waals surface area contributed by atoms with Crippen LogP contribution in [-0.4, -0.2) is 99.9 Å². The summed E-state index contributed by atoms with van der Waals surface area (Å²) in [5.74, 6) is -0.304. The minimum Gasteiger partial charge on any atom is -0.375 e. The molecule has 1 aliphatic carbocycles. The third-order valence-corrected chi connectivity index (χ3v) is 13.4. The van der Waals surface area contributed by atoms with Gasteiger partial charge in [0.05, 0.1) is 9.79 Å². The first-order chi connectivity index (χ1) is 24.2. The van der Waals surface area contributed by atoms with E-state index in [1.165, 1.54) is 32.4 Å². The molecule has 9 nitrogen and oxygen atoms in total. The predicted molar refractivity (Wildman–Crippen MR) is 196 cm³/mol. The molecule has 3 aliphatic rings. The molecule has 2 saturated heterocycles. The van der Waals surface area contributed by atoms with Gasteiger partial charge in [-0.15, -0.1) is 0 Å². The summed E-state index contributed by atoms with van der Waals surface area (Å²) in [7, 11) is -7.63. The third kappa shape index (κ3) is 7.10. The van der Waals surface area contributed by atoms with Gasteiger partial charge in [0.15, 0.2) is 5.78 Å². The number of allylic oxidation sites excluding steroid dienone is 1. The summed E-state index contributed by atoms with van der Waals surface area (Å²) in [5.41, 5.74) is 4.04. The van der Waals surface area contributed by atoms with E-state index in [4.69, 9.17) is 0 Å². The minimum atomic E-state index is -3.83. The summed E-state index contributed by atoms with van der Waals surface area (Å²) in [6.45, 7) is 4.50. The average molecular weight is 709 g/mol. The Balaban J connectivity index is 0.995. The number of nitrogens with zero attached hydrogens (tertiary/aromatic N) is 4. The second-order valence-corrected chi connectivity index (χ2v) is 16.7. The van der Waals surface area contributed by atoms with Gasteiger partial charge < -0.3 is 4.90 Å². The zero-order chi connectivity index (χ0) is 34.7. The zero-order valence-electron chi connectivity index (χ0n) is 27.8. The Bertz CT molecular complexity index is 2140. The van der Waals surface area contributed by atoms with E-state index in [2.05, 4.69) is 40.2 Å². The second kappa shape index (κ2) is 14.5. The van der Waals surface area contributed by atoms with Crippen LogP contribution < -0.4 is 0 Å². The fourth-order valence-corrected chi connectivity index (χ4v) is 9.65. The fraction of sp³-hybridized carbons (Fsp3) is 0.256. The number of benzene rings is 4. The number of carbonyl (C=O) groups is 1. The van der Waals surface area contributed by atoms with Crippen molar-refractivity contribution in [3.05, 3.63) is 138 Å². The third-order valence-electron chi connectivity index (χ3n) is 9.63. The SMILES string of the molecule is O=C1c2cc(S(=O)(=O)N3CCN(C/C=C/c4ccccc4)CC3)ccc2-c2cc(S(=O)(=O)N3CCN(/C=C/Cc4ccccc4)CC3)ccc21. The Morgan fingerprint density at radius 2 is 1.12 bits per heavy atom. The Labute approximate surface area is 294 Å². The van der Waals surface area contributed by atoms with Crippen LogP contribution >= 0.6 is 0 Å². The van der Waals surface area contributed by atoms with Crippen molar-refractivity contribution < 1.29 is 21.6 Å². The van der Waals surface area contributed by atoms with Crippen molar-refractivity contribution in [3.8, 4) is 11.1 Å². The lowest BCUT2D eigenvalue weighted by Crippen LogP contribution is -2.48. The molecule has 2 heterocycles. The van der Waals surface area contributed by atoms with Gasteiger partial charge in [-0.25, -0.2) is 16.8 Å². The van der Waals surface area contributed by atoms with Crippen LogP contribution in [0.5, 0.6) is 0 Å². The van der Waals surface area contributed by atoms with E-state index in [0.717, 1.165) is 18.5 Å². The first-order valence-corrected chi connectivity index (χ1v) is 19.8. The maximum atomic E-state index is 13.7. The lowest BCUT2D eigenvalue weighted by atomic mass is 10.1. The molecule has 2 aliphatic heterocycles. The molecule has 0 spiro atoms. The van der Waals surface area contributed by atoms with E-state index in [1.807, 2.05) is 54.7 Å². The number of rotatable bonds is 10. The van der Waals surface area contributed by atoms with Crippen LogP contribution in [0.4, 0.5) is 0 Å². The highest BCUT2D eigenvalue weighted by Gasteiger charge is 2.34. The number of hydrogen-bond acceptors (Lipinski definition) is 7. The van der Waals surface area contributed by atoms with Gasteiger partial charge in [-0.2, -0.15) is 8.61 Å². The molecule has 0 bridgehead atoms. The highest BCUT2D eigenvalue weighted by molar-refractivity contribution is 7.89. The van der Waals surface area contributed by atoms with Gasteiger partial charge in [-0.3, -0.25) is 9.69 Å². The van der Waals surface area contributed by atoms with Crippen LogP contribution in [0, 0.1) is 0 Å². The molecule has 4 aromatic rings. The van der Waals surface area contributed by atoms with Gasteiger partial charge in [-0.1, -0.05) is 85.0 Å². The quantitative estimate of drug-likeness (QED) is 0.202. The van der Waals surface area contributed by atoms with E-state index in [-0.39, 0.29) is 21.1 Å². The van der Waals surface area contributed by atoms with Crippen molar-refractivity contribution in [2.75, 3.05) is 58.9 Å². The summed E-state index contributed by atoms with van der Waals surface area (Å²) in [5, 5.41) is 0. The molecule has 7 rings (SSSR count). The molecular weight excluding hydrogens is 669 g/mol. The summed E-state index contributed by atoms with van der Waals surface area (Å²) < 4.78 is 57.7. The molecule has 0 N–H and O–H groups in total. The number of hydrogen-bond donors (Lipinski definition) is 0. The largest absolute Gasteiger partial charge is 0.375 e. The van der Waals surface area contributed by atoms with Crippen molar-refractivity contribution in [3.63, 3.8) is 0 Å². The molecule has 0 radical (unpaired) electrons. The summed E-state index contributed by atoms with van der Waals surface area (Å²) in [6.07, 6.45) is 9.10. The number of piperazine rings is 2. The zero-order valence-corrected chi connectivity index (χ0v) is 29.4. The molecule has 4 aromatic carbocycles. The number of sulfonamides is 2. The number of ketones is 1. The van der Waals surface area contributed by atoms with Gasteiger partial charge in [0.1, 0.15) is 0 Å². The lowest BCUT2D eigenvalue weighted by molar-refractivity contribution is 0.104. The van der Waals surface area contributed by atoms with Crippen LogP contribution in [0.15, 0.2) is 125 Å².